The highest BCUT2D eigenvalue weighted by Gasteiger charge is 2.09. The fourth-order valence-electron chi connectivity index (χ4n) is 2.50. The van der Waals surface area contributed by atoms with Gasteiger partial charge in [-0.3, -0.25) is 14.9 Å². The third kappa shape index (κ3) is 7.59. The Balaban J connectivity index is 1.49. The van der Waals surface area contributed by atoms with Crippen LogP contribution in [0.2, 0.25) is 0 Å². The minimum atomic E-state index is -0.135. The van der Waals surface area contributed by atoms with Crippen LogP contribution >= 0.6 is 47.3 Å². The quantitative estimate of drug-likeness (QED) is 0.202. The van der Waals surface area contributed by atoms with Gasteiger partial charge in [0.1, 0.15) is 0 Å². The Labute approximate surface area is 204 Å². The van der Waals surface area contributed by atoms with Gasteiger partial charge in [-0.2, -0.15) is 9.36 Å². The maximum absolute atomic E-state index is 12.2. The van der Waals surface area contributed by atoms with Crippen LogP contribution in [0.25, 0.3) is 0 Å². The predicted octanol–water partition coefficient (Wildman–Crippen LogP) is 5.39. The summed E-state index contributed by atoms with van der Waals surface area (Å²) in [6.07, 6.45) is 0. The van der Waals surface area contributed by atoms with Gasteiger partial charge in [-0.15, -0.1) is 11.8 Å². The number of aromatic nitrogens is 2. The molecule has 3 N–H and O–H groups in total. The summed E-state index contributed by atoms with van der Waals surface area (Å²) in [5.74, 6) is 1.02. The number of nitrogens with one attached hydrogen (secondary N) is 3. The number of hydrogen-bond acceptors (Lipinski definition) is 8. The zero-order chi connectivity index (χ0) is 22.9. The largest absolute Gasteiger partial charge is 0.332 e. The van der Waals surface area contributed by atoms with Crippen molar-refractivity contribution in [2.24, 2.45) is 0 Å². The van der Waals surface area contributed by atoms with Crippen molar-refractivity contribution in [2.75, 3.05) is 27.5 Å². The van der Waals surface area contributed by atoms with Crippen molar-refractivity contribution in [3.8, 4) is 0 Å². The molecule has 0 saturated carbocycles. The summed E-state index contributed by atoms with van der Waals surface area (Å²) in [6, 6.07) is 14.8. The van der Waals surface area contributed by atoms with Crippen LogP contribution in [0.15, 0.2) is 58.6 Å². The third-order valence-electron chi connectivity index (χ3n) is 3.94. The zero-order valence-electron chi connectivity index (χ0n) is 17.4. The van der Waals surface area contributed by atoms with Crippen molar-refractivity contribution in [3.05, 3.63) is 54.1 Å². The molecule has 32 heavy (non-hydrogen) atoms. The first kappa shape index (κ1) is 24.2. The van der Waals surface area contributed by atoms with Gasteiger partial charge in [-0.05, 0) is 67.4 Å². The average molecular weight is 504 g/mol. The molecule has 0 radical (unpaired) electrons. The monoisotopic (exact) mass is 503 g/mol. The smallest absolute Gasteiger partial charge is 0.236 e. The SMILES string of the molecule is CCSc1nsc(NC(=O)CSc2cccc(NC(=S)Nc3ccc(C(C)=O)cc3)c2)n1. The van der Waals surface area contributed by atoms with Crippen molar-refractivity contribution >= 4 is 80.6 Å². The summed E-state index contributed by atoms with van der Waals surface area (Å²) < 4.78 is 4.19. The molecule has 11 heteroatoms. The summed E-state index contributed by atoms with van der Waals surface area (Å²) >= 11 is 9.51. The van der Waals surface area contributed by atoms with E-state index in [-0.39, 0.29) is 17.4 Å². The molecule has 0 atom stereocenters. The van der Waals surface area contributed by atoms with E-state index in [1.807, 2.05) is 31.2 Å². The van der Waals surface area contributed by atoms with Crippen LogP contribution in [0.5, 0.6) is 0 Å². The van der Waals surface area contributed by atoms with Crippen molar-refractivity contribution in [3.63, 3.8) is 0 Å². The topological polar surface area (TPSA) is 96.0 Å². The molecule has 166 valence electrons. The minimum absolute atomic E-state index is 0.0174. The van der Waals surface area contributed by atoms with E-state index in [0.29, 0.717) is 21.0 Å². The maximum atomic E-state index is 12.2. The van der Waals surface area contributed by atoms with Crippen LogP contribution in [0.4, 0.5) is 16.5 Å². The Hall–Kier alpha value is -2.47. The highest BCUT2D eigenvalue weighted by atomic mass is 32.2. The molecular formula is C21H21N5O2S4. The van der Waals surface area contributed by atoms with E-state index < -0.39 is 0 Å². The number of Topliss-reactive ketones (excluding diaryl/α,β-unsaturated/α-hetero) is 1. The molecule has 7 nitrogen and oxygen atoms in total. The van der Waals surface area contributed by atoms with E-state index in [9.17, 15) is 9.59 Å². The van der Waals surface area contributed by atoms with Gasteiger partial charge < -0.3 is 10.6 Å². The number of carbonyl (C=O) groups excluding carboxylic acids is 2. The highest BCUT2D eigenvalue weighted by molar-refractivity contribution is 8.00. The highest BCUT2D eigenvalue weighted by Crippen LogP contribution is 2.23. The summed E-state index contributed by atoms with van der Waals surface area (Å²) in [5.41, 5.74) is 2.24. The van der Waals surface area contributed by atoms with E-state index in [0.717, 1.165) is 22.0 Å². The molecule has 0 aliphatic carbocycles. The molecule has 0 fully saturated rings. The summed E-state index contributed by atoms with van der Waals surface area (Å²) in [6.45, 7) is 3.56. The molecule has 2 aromatic carbocycles. The number of amides is 1. The summed E-state index contributed by atoms with van der Waals surface area (Å²) in [4.78, 5) is 28.8. The summed E-state index contributed by atoms with van der Waals surface area (Å²) in [7, 11) is 0. The second-order valence-corrected chi connectivity index (χ2v) is 9.83. The Bertz CT molecular complexity index is 1100. The van der Waals surface area contributed by atoms with Crippen molar-refractivity contribution < 1.29 is 9.59 Å². The van der Waals surface area contributed by atoms with Gasteiger partial charge >= 0.3 is 0 Å². The number of ketones is 1. The standard InChI is InChI=1S/C21H21N5O2S4/c1-3-30-21-25-20(32-26-21)24-18(28)12-31-17-6-4-5-16(11-17)23-19(29)22-15-9-7-14(8-10-15)13(2)27/h4-11H,3,12H2,1-2H3,(H2,22,23,29)(H,24,25,26,28). The third-order valence-corrected chi connectivity index (χ3v) is 6.61. The maximum Gasteiger partial charge on any atom is 0.236 e. The molecule has 1 amide bonds. The lowest BCUT2D eigenvalue weighted by Gasteiger charge is -2.12. The van der Waals surface area contributed by atoms with Crippen molar-refractivity contribution in [2.45, 2.75) is 23.9 Å². The number of benzene rings is 2. The molecule has 0 spiro atoms. The Morgan fingerprint density at radius 2 is 1.78 bits per heavy atom. The normalized spacial score (nSPS) is 10.4. The van der Waals surface area contributed by atoms with Crippen molar-refractivity contribution in [1.82, 2.24) is 9.36 Å². The van der Waals surface area contributed by atoms with E-state index >= 15 is 0 Å². The van der Waals surface area contributed by atoms with Gasteiger partial charge in [0.2, 0.25) is 16.2 Å². The van der Waals surface area contributed by atoms with Gasteiger partial charge in [0.25, 0.3) is 0 Å². The fraction of sp³-hybridized carbons (Fsp3) is 0.190. The molecule has 0 aliphatic heterocycles. The molecule has 0 aliphatic rings. The van der Waals surface area contributed by atoms with E-state index in [2.05, 4.69) is 25.3 Å². The lowest BCUT2D eigenvalue weighted by Crippen LogP contribution is -2.19. The first-order valence-electron chi connectivity index (χ1n) is 9.61. The number of hydrogen-bond donors (Lipinski definition) is 3. The number of rotatable bonds is 9. The molecule has 0 unspecified atom stereocenters. The van der Waals surface area contributed by atoms with Gasteiger partial charge in [0, 0.05) is 33.4 Å². The molecule has 3 rings (SSSR count). The number of nitrogens with zero attached hydrogens (tertiary/aromatic N) is 2. The molecule has 0 saturated heterocycles. The molecular weight excluding hydrogens is 483 g/mol. The lowest BCUT2D eigenvalue weighted by atomic mass is 10.1. The van der Waals surface area contributed by atoms with Crippen LogP contribution < -0.4 is 16.0 Å². The van der Waals surface area contributed by atoms with Crippen LogP contribution in [0.1, 0.15) is 24.2 Å². The second-order valence-electron chi connectivity index (χ2n) is 6.39. The molecule has 1 heterocycles. The van der Waals surface area contributed by atoms with Crippen LogP contribution in [-0.4, -0.2) is 37.7 Å². The van der Waals surface area contributed by atoms with Gasteiger partial charge in [-0.25, -0.2) is 0 Å². The van der Waals surface area contributed by atoms with Crippen LogP contribution in [0, 0.1) is 0 Å². The molecule has 3 aromatic rings. The van der Waals surface area contributed by atoms with E-state index in [1.54, 1.807) is 24.3 Å². The van der Waals surface area contributed by atoms with Crippen molar-refractivity contribution in [1.29, 1.82) is 0 Å². The Morgan fingerprint density at radius 1 is 1.03 bits per heavy atom. The number of thioether (sulfide) groups is 2. The Kier molecular flexibility index (Phi) is 9.03. The minimum Gasteiger partial charge on any atom is -0.332 e. The predicted molar refractivity (Wildman–Crippen MR) is 138 cm³/mol. The number of anilines is 3. The van der Waals surface area contributed by atoms with E-state index in [4.69, 9.17) is 12.2 Å². The van der Waals surface area contributed by atoms with E-state index in [1.165, 1.54) is 42.0 Å². The Morgan fingerprint density at radius 3 is 2.50 bits per heavy atom. The molecule has 0 bridgehead atoms. The summed E-state index contributed by atoms with van der Waals surface area (Å²) in [5, 5.41) is 10.6. The zero-order valence-corrected chi connectivity index (χ0v) is 20.6. The average Bonchev–Trinajstić information content (AvgIpc) is 3.20. The van der Waals surface area contributed by atoms with Gasteiger partial charge in [-0.1, -0.05) is 24.8 Å². The first-order chi connectivity index (χ1) is 15.4. The fourth-order valence-corrected chi connectivity index (χ4v) is 4.78. The second kappa shape index (κ2) is 12.0. The number of thiocarbonyl (C=S) groups is 1. The van der Waals surface area contributed by atoms with Crippen LogP contribution in [0.3, 0.4) is 0 Å². The van der Waals surface area contributed by atoms with Gasteiger partial charge in [0.15, 0.2) is 10.9 Å². The lowest BCUT2D eigenvalue weighted by molar-refractivity contribution is -0.113. The van der Waals surface area contributed by atoms with Crippen LogP contribution in [-0.2, 0) is 4.79 Å². The number of carbonyl (C=O) groups is 2. The first-order valence-corrected chi connectivity index (χ1v) is 12.8. The molecule has 1 aromatic heterocycles. The van der Waals surface area contributed by atoms with Gasteiger partial charge in [0.05, 0.1) is 5.75 Å².